The molecule has 2 aromatic carbocycles. The third-order valence-corrected chi connectivity index (χ3v) is 3.07. The zero-order valence-electron chi connectivity index (χ0n) is 10.3. The van der Waals surface area contributed by atoms with E-state index in [-0.39, 0.29) is 21.5 Å². The molecule has 104 valence electrons. The van der Waals surface area contributed by atoms with Crippen LogP contribution in [0, 0.1) is 18.6 Å². The molecule has 0 heterocycles. The summed E-state index contributed by atoms with van der Waals surface area (Å²) in [5, 5.41) is 9.09. The van der Waals surface area contributed by atoms with Crippen molar-refractivity contribution in [1.29, 1.82) is 0 Å². The van der Waals surface area contributed by atoms with Gasteiger partial charge in [-0.05, 0) is 30.7 Å². The Hall–Kier alpha value is -1.95. The number of aryl methyl sites for hydroxylation is 1. The maximum absolute atomic E-state index is 13.7. The van der Waals surface area contributed by atoms with Gasteiger partial charge in [-0.15, -0.1) is 0 Å². The van der Waals surface area contributed by atoms with Crippen molar-refractivity contribution < 1.29 is 23.4 Å². The molecule has 0 atom stereocenters. The first-order valence-corrected chi connectivity index (χ1v) is 6.34. The Balaban J connectivity index is 2.53. The molecule has 1 N–H and O–H groups in total. The lowest BCUT2D eigenvalue weighted by molar-refractivity contribution is 0.0694. The van der Waals surface area contributed by atoms with Crippen LogP contribution in [-0.4, -0.2) is 11.1 Å². The number of hydrogen-bond donors (Lipinski definition) is 1. The third kappa shape index (κ3) is 2.80. The number of aromatic carboxylic acids is 1. The van der Waals surface area contributed by atoms with Crippen LogP contribution in [0.2, 0.25) is 0 Å². The molecule has 0 unspecified atom stereocenters. The molecule has 0 radical (unpaired) electrons. The van der Waals surface area contributed by atoms with Crippen molar-refractivity contribution in [2.24, 2.45) is 0 Å². The third-order valence-electron chi connectivity index (χ3n) is 2.61. The van der Waals surface area contributed by atoms with Gasteiger partial charge in [0.2, 0.25) is 5.82 Å². The van der Waals surface area contributed by atoms with Gasteiger partial charge in [-0.1, -0.05) is 28.1 Å². The Labute approximate surface area is 121 Å². The lowest BCUT2D eigenvalue weighted by Gasteiger charge is -2.12. The first-order valence-electron chi connectivity index (χ1n) is 5.55. The summed E-state index contributed by atoms with van der Waals surface area (Å²) in [6.07, 6.45) is 0. The summed E-state index contributed by atoms with van der Waals surface area (Å²) in [6, 6.07) is 6.68. The van der Waals surface area contributed by atoms with Gasteiger partial charge in [0.15, 0.2) is 11.6 Å². The number of carbonyl (C=O) groups is 1. The summed E-state index contributed by atoms with van der Waals surface area (Å²) in [6.45, 7) is 1.62. The highest BCUT2D eigenvalue weighted by atomic mass is 79.9. The van der Waals surface area contributed by atoms with Crippen LogP contribution in [0.5, 0.6) is 11.5 Å². The fourth-order valence-corrected chi connectivity index (χ4v) is 2.08. The van der Waals surface area contributed by atoms with Gasteiger partial charge in [-0.2, -0.15) is 4.39 Å². The molecular formula is C14H9BrF2O3. The summed E-state index contributed by atoms with van der Waals surface area (Å²) < 4.78 is 32.5. The van der Waals surface area contributed by atoms with E-state index in [0.29, 0.717) is 5.56 Å². The van der Waals surface area contributed by atoms with Gasteiger partial charge in [0, 0.05) is 4.47 Å². The van der Waals surface area contributed by atoms with Crippen molar-refractivity contribution in [3.05, 3.63) is 57.6 Å². The first kappa shape index (κ1) is 14.5. The van der Waals surface area contributed by atoms with E-state index in [2.05, 4.69) is 15.9 Å². The standard InChI is InChI=1S/C14H9BrF2O3/c1-7-3-2-4-9(14(18)19)13(7)20-11-6-8(15)5-10(16)12(11)17/h2-6H,1H3,(H,18,19). The SMILES string of the molecule is Cc1cccc(C(=O)O)c1Oc1cc(Br)cc(F)c1F. The van der Waals surface area contributed by atoms with Gasteiger partial charge in [-0.3, -0.25) is 0 Å². The van der Waals surface area contributed by atoms with Crippen molar-refractivity contribution in [2.75, 3.05) is 0 Å². The first-order chi connectivity index (χ1) is 9.40. The summed E-state index contributed by atoms with van der Waals surface area (Å²) in [5.74, 6) is -3.86. The van der Waals surface area contributed by atoms with E-state index in [1.807, 2.05) is 0 Å². The van der Waals surface area contributed by atoms with Crippen LogP contribution in [0.25, 0.3) is 0 Å². The summed E-state index contributed by atoms with van der Waals surface area (Å²) in [4.78, 5) is 11.1. The number of benzene rings is 2. The van der Waals surface area contributed by atoms with Crippen molar-refractivity contribution in [1.82, 2.24) is 0 Å². The van der Waals surface area contributed by atoms with E-state index in [4.69, 9.17) is 9.84 Å². The Morgan fingerprint density at radius 1 is 1.30 bits per heavy atom. The van der Waals surface area contributed by atoms with Crippen molar-refractivity contribution in [2.45, 2.75) is 6.92 Å². The van der Waals surface area contributed by atoms with E-state index in [0.717, 1.165) is 6.07 Å². The molecule has 2 rings (SSSR count). The van der Waals surface area contributed by atoms with Crippen molar-refractivity contribution >= 4 is 21.9 Å². The van der Waals surface area contributed by atoms with Gasteiger partial charge in [0.1, 0.15) is 11.3 Å². The predicted molar refractivity (Wildman–Crippen MR) is 72.3 cm³/mol. The molecule has 3 nitrogen and oxygen atoms in total. The molecule has 0 bridgehead atoms. The van der Waals surface area contributed by atoms with E-state index in [9.17, 15) is 13.6 Å². The van der Waals surface area contributed by atoms with Crippen LogP contribution < -0.4 is 4.74 Å². The topological polar surface area (TPSA) is 46.5 Å². The highest BCUT2D eigenvalue weighted by Crippen LogP contribution is 2.33. The Morgan fingerprint density at radius 3 is 2.65 bits per heavy atom. The maximum atomic E-state index is 13.7. The van der Waals surface area contributed by atoms with Gasteiger partial charge >= 0.3 is 5.97 Å². The molecule has 20 heavy (non-hydrogen) atoms. The molecule has 2 aromatic rings. The fourth-order valence-electron chi connectivity index (χ4n) is 1.67. The summed E-state index contributed by atoms with van der Waals surface area (Å²) in [5.41, 5.74) is 0.384. The van der Waals surface area contributed by atoms with Crippen LogP contribution in [0.15, 0.2) is 34.8 Å². The van der Waals surface area contributed by atoms with Crippen molar-refractivity contribution in [3.63, 3.8) is 0 Å². The second kappa shape index (κ2) is 5.58. The molecule has 0 amide bonds. The van der Waals surface area contributed by atoms with Crippen LogP contribution in [-0.2, 0) is 0 Å². The largest absolute Gasteiger partial charge is 0.478 e. The number of halogens is 3. The normalized spacial score (nSPS) is 10.4. The molecule has 6 heteroatoms. The molecule has 0 aliphatic carbocycles. The van der Waals surface area contributed by atoms with E-state index >= 15 is 0 Å². The minimum atomic E-state index is -1.21. The zero-order chi connectivity index (χ0) is 14.9. The molecule has 0 aliphatic heterocycles. The number of ether oxygens (including phenoxy) is 1. The fraction of sp³-hybridized carbons (Fsp3) is 0.0714. The average molecular weight is 343 g/mol. The lowest BCUT2D eigenvalue weighted by atomic mass is 10.1. The molecular weight excluding hydrogens is 334 g/mol. The van der Waals surface area contributed by atoms with Gasteiger partial charge in [0.25, 0.3) is 0 Å². The van der Waals surface area contributed by atoms with Gasteiger partial charge in [0.05, 0.1) is 0 Å². The Bertz CT molecular complexity index is 686. The lowest BCUT2D eigenvalue weighted by Crippen LogP contribution is -2.02. The van der Waals surface area contributed by atoms with Crippen LogP contribution in [0.1, 0.15) is 15.9 Å². The second-order valence-electron chi connectivity index (χ2n) is 4.06. The van der Waals surface area contributed by atoms with Gasteiger partial charge < -0.3 is 9.84 Å². The molecule has 0 saturated carbocycles. The minimum Gasteiger partial charge on any atom is -0.478 e. The maximum Gasteiger partial charge on any atom is 0.339 e. The smallest absolute Gasteiger partial charge is 0.339 e. The quantitative estimate of drug-likeness (QED) is 0.833. The molecule has 0 spiro atoms. The summed E-state index contributed by atoms with van der Waals surface area (Å²) in [7, 11) is 0. The summed E-state index contributed by atoms with van der Waals surface area (Å²) >= 11 is 3.02. The number of hydrogen-bond acceptors (Lipinski definition) is 2. The monoisotopic (exact) mass is 342 g/mol. The van der Waals surface area contributed by atoms with E-state index in [1.54, 1.807) is 19.1 Å². The second-order valence-corrected chi connectivity index (χ2v) is 4.97. The van der Waals surface area contributed by atoms with Crippen LogP contribution in [0.3, 0.4) is 0 Å². The Kier molecular flexibility index (Phi) is 4.04. The van der Waals surface area contributed by atoms with Crippen LogP contribution >= 0.6 is 15.9 Å². The van der Waals surface area contributed by atoms with Gasteiger partial charge in [-0.25, -0.2) is 9.18 Å². The molecule has 0 aromatic heterocycles. The van der Waals surface area contributed by atoms with Crippen molar-refractivity contribution in [3.8, 4) is 11.5 Å². The van der Waals surface area contributed by atoms with E-state index in [1.165, 1.54) is 12.1 Å². The average Bonchev–Trinajstić information content (AvgIpc) is 2.37. The van der Waals surface area contributed by atoms with Crippen LogP contribution in [0.4, 0.5) is 8.78 Å². The molecule has 0 fully saturated rings. The Morgan fingerprint density at radius 2 is 2.00 bits per heavy atom. The predicted octanol–water partition coefficient (Wildman–Crippen LogP) is 4.53. The zero-order valence-corrected chi connectivity index (χ0v) is 11.9. The highest BCUT2D eigenvalue weighted by molar-refractivity contribution is 9.10. The minimum absolute atomic E-state index is 0.0172. The highest BCUT2D eigenvalue weighted by Gasteiger charge is 2.18. The number of carboxylic acids is 1. The number of para-hydroxylation sites is 1. The molecule has 0 saturated heterocycles. The number of rotatable bonds is 3. The van der Waals surface area contributed by atoms with E-state index < -0.39 is 17.6 Å². The number of carboxylic acid groups (broad SMARTS) is 1. The molecule has 0 aliphatic rings.